The van der Waals surface area contributed by atoms with E-state index in [-0.39, 0.29) is 5.92 Å². The van der Waals surface area contributed by atoms with E-state index in [2.05, 4.69) is 0 Å². The second kappa shape index (κ2) is 2.61. The highest BCUT2D eigenvalue weighted by Gasteiger charge is 2.36. The maximum Gasteiger partial charge on any atom is 0.0919 e. The Morgan fingerprint density at radius 3 is 2.64 bits per heavy atom. The summed E-state index contributed by atoms with van der Waals surface area (Å²) < 4.78 is 0. The molecular weight excluding hydrogens is 140 g/mol. The van der Waals surface area contributed by atoms with Gasteiger partial charge in [0, 0.05) is 5.92 Å². The zero-order valence-electron chi connectivity index (χ0n) is 7.33. The van der Waals surface area contributed by atoms with Gasteiger partial charge in [0.1, 0.15) is 0 Å². The first-order chi connectivity index (χ1) is 4.93. The Balaban J connectivity index is 2.85. The normalized spacial score (nSPS) is 45.4. The van der Waals surface area contributed by atoms with E-state index < -0.39 is 11.7 Å². The van der Waals surface area contributed by atoms with Crippen molar-refractivity contribution in [3.63, 3.8) is 0 Å². The Morgan fingerprint density at radius 1 is 1.64 bits per heavy atom. The Hall–Kier alpha value is -0.340. The first-order valence-electron chi connectivity index (χ1n) is 4.01. The Kier molecular flexibility index (Phi) is 2.08. The van der Waals surface area contributed by atoms with Crippen molar-refractivity contribution in [2.75, 3.05) is 0 Å². The van der Waals surface area contributed by atoms with E-state index in [9.17, 15) is 10.2 Å². The number of rotatable bonds is 0. The minimum Gasteiger partial charge on any atom is -0.390 e. The van der Waals surface area contributed by atoms with Crippen LogP contribution in [0.5, 0.6) is 0 Å². The van der Waals surface area contributed by atoms with E-state index in [1.165, 1.54) is 0 Å². The summed E-state index contributed by atoms with van der Waals surface area (Å²) in [6, 6.07) is 0. The van der Waals surface area contributed by atoms with Crippen LogP contribution in [-0.4, -0.2) is 21.9 Å². The number of aliphatic hydroxyl groups is 2. The molecule has 0 unspecified atom stereocenters. The van der Waals surface area contributed by atoms with Gasteiger partial charge in [-0.2, -0.15) is 0 Å². The zero-order valence-corrected chi connectivity index (χ0v) is 7.33. The fourth-order valence-corrected chi connectivity index (χ4v) is 1.83. The van der Waals surface area contributed by atoms with Crippen molar-refractivity contribution in [3.8, 4) is 0 Å². The Labute approximate surface area is 67.6 Å². The number of hydrogen-bond acceptors (Lipinski definition) is 2. The second-order valence-electron chi connectivity index (χ2n) is 3.85. The van der Waals surface area contributed by atoms with Crippen LogP contribution in [0.25, 0.3) is 0 Å². The monoisotopic (exact) mass is 156 g/mol. The standard InChI is InChI=1S/C9H16O2/c1-6-4-7(2)8(10)9(3,11)5-6/h4,7-8,10-11H,5H2,1-3H3/t7-,8+,9-/m1/s1. The molecule has 0 saturated heterocycles. The fourth-order valence-electron chi connectivity index (χ4n) is 1.83. The number of aliphatic hydroxyl groups excluding tert-OH is 1. The van der Waals surface area contributed by atoms with E-state index in [1.807, 2.05) is 19.9 Å². The van der Waals surface area contributed by atoms with E-state index in [1.54, 1.807) is 6.92 Å². The maximum atomic E-state index is 9.69. The molecule has 64 valence electrons. The van der Waals surface area contributed by atoms with Crippen molar-refractivity contribution in [2.45, 2.75) is 38.9 Å². The average Bonchev–Trinajstić information content (AvgIpc) is 1.81. The molecule has 1 aliphatic rings. The summed E-state index contributed by atoms with van der Waals surface area (Å²) in [5.41, 5.74) is 0.228. The molecule has 0 spiro atoms. The first kappa shape index (κ1) is 8.75. The summed E-state index contributed by atoms with van der Waals surface area (Å²) in [5.74, 6) is 0.0683. The lowest BCUT2D eigenvalue weighted by molar-refractivity contribution is -0.0825. The van der Waals surface area contributed by atoms with Crippen LogP contribution in [0.15, 0.2) is 11.6 Å². The maximum absolute atomic E-state index is 9.69. The van der Waals surface area contributed by atoms with Gasteiger partial charge in [-0.25, -0.2) is 0 Å². The molecule has 2 N–H and O–H groups in total. The molecule has 2 heteroatoms. The van der Waals surface area contributed by atoms with Crippen LogP contribution in [0, 0.1) is 5.92 Å². The third-order valence-electron chi connectivity index (χ3n) is 2.32. The van der Waals surface area contributed by atoms with Crippen LogP contribution in [0.4, 0.5) is 0 Å². The SMILES string of the molecule is CC1=C[C@@H](C)[C@H](O)[C@](C)(O)C1. The third-order valence-corrected chi connectivity index (χ3v) is 2.32. The van der Waals surface area contributed by atoms with Gasteiger partial charge < -0.3 is 10.2 Å². The highest BCUT2D eigenvalue weighted by molar-refractivity contribution is 5.13. The smallest absolute Gasteiger partial charge is 0.0919 e. The molecule has 0 bridgehead atoms. The van der Waals surface area contributed by atoms with Gasteiger partial charge in [-0.1, -0.05) is 18.6 Å². The van der Waals surface area contributed by atoms with Crippen LogP contribution in [0.1, 0.15) is 27.2 Å². The van der Waals surface area contributed by atoms with Gasteiger partial charge in [-0.15, -0.1) is 0 Å². The molecule has 0 aromatic rings. The largest absolute Gasteiger partial charge is 0.390 e. The molecule has 0 amide bonds. The summed E-state index contributed by atoms with van der Waals surface area (Å²) in [5, 5.41) is 19.2. The van der Waals surface area contributed by atoms with Crippen LogP contribution in [0.2, 0.25) is 0 Å². The summed E-state index contributed by atoms with van der Waals surface area (Å²) in [4.78, 5) is 0. The quantitative estimate of drug-likeness (QED) is 0.515. The van der Waals surface area contributed by atoms with Crippen LogP contribution in [0.3, 0.4) is 0 Å². The molecule has 0 radical (unpaired) electrons. The molecule has 1 aliphatic carbocycles. The molecule has 1 rings (SSSR count). The summed E-state index contributed by atoms with van der Waals surface area (Å²) in [7, 11) is 0. The predicted octanol–water partition coefficient (Wildman–Crippen LogP) is 1.08. The summed E-state index contributed by atoms with van der Waals surface area (Å²) >= 11 is 0. The second-order valence-corrected chi connectivity index (χ2v) is 3.85. The van der Waals surface area contributed by atoms with Crippen molar-refractivity contribution in [1.82, 2.24) is 0 Å². The molecule has 3 atom stereocenters. The minimum absolute atomic E-state index is 0.0683. The van der Waals surface area contributed by atoms with E-state index in [0.717, 1.165) is 5.57 Å². The summed E-state index contributed by atoms with van der Waals surface area (Å²) in [6.45, 7) is 5.59. The number of hydrogen-bond donors (Lipinski definition) is 2. The molecule has 2 nitrogen and oxygen atoms in total. The minimum atomic E-state index is -0.932. The van der Waals surface area contributed by atoms with Gasteiger partial charge >= 0.3 is 0 Å². The summed E-state index contributed by atoms with van der Waals surface area (Å²) in [6.07, 6.45) is 1.98. The van der Waals surface area contributed by atoms with Crippen molar-refractivity contribution in [1.29, 1.82) is 0 Å². The van der Waals surface area contributed by atoms with Crippen molar-refractivity contribution in [2.24, 2.45) is 5.92 Å². The van der Waals surface area contributed by atoms with Crippen LogP contribution in [-0.2, 0) is 0 Å². The molecule has 0 fully saturated rings. The van der Waals surface area contributed by atoms with Crippen molar-refractivity contribution >= 4 is 0 Å². The highest BCUT2D eigenvalue weighted by atomic mass is 16.3. The van der Waals surface area contributed by atoms with Crippen molar-refractivity contribution < 1.29 is 10.2 Å². The lowest BCUT2D eigenvalue weighted by Crippen LogP contribution is -2.45. The third kappa shape index (κ3) is 1.63. The van der Waals surface area contributed by atoms with Gasteiger partial charge in [0.25, 0.3) is 0 Å². The van der Waals surface area contributed by atoms with Gasteiger partial charge in [0.2, 0.25) is 0 Å². The van der Waals surface area contributed by atoms with E-state index in [0.29, 0.717) is 6.42 Å². The molecule has 0 aromatic heterocycles. The lowest BCUT2D eigenvalue weighted by Gasteiger charge is -2.36. The van der Waals surface area contributed by atoms with Gasteiger partial charge in [0.15, 0.2) is 0 Å². The molecule has 0 saturated carbocycles. The lowest BCUT2D eigenvalue weighted by atomic mass is 9.79. The molecule has 0 aromatic carbocycles. The Bertz CT molecular complexity index is 182. The van der Waals surface area contributed by atoms with Crippen molar-refractivity contribution in [3.05, 3.63) is 11.6 Å². The highest BCUT2D eigenvalue weighted by Crippen LogP contribution is 2.31. The molecule has 11 heavy (non-hydrogen) atoms. The fraction of sp³-hybridized carbons (Fsp3) is 0.778. The van der Waals surface area contributed by atoms with Crippen LogP contribution >= 0.6 is 0 Å². The van der Waals surface area contributed by atoms with E-state index >= 15 is 0 Å². The zero-order chi connectivity index (χ0) is 8.65. The van der Waals surface area contributed by atoms with Crippen LogP contribution < -0.4 is 0 Å². The van der Waals surface area contributed by atoms with Gasteiger partial charge in [0.05, 0.1) is 11.7 Å². The van der Waals surface area contributed by atoms with Gasteiger partial charge in [-0.05, 0) is 20.3 Å². The topological polar surface area (TPSA) is 40.5 Å². The Morgan fingerprint density at radius 2 is 2.18 bits per heavy atom. The van der Waals surface area contributed by atoms with E-state index in [4.69, 9.17) is 0 Å². The van der Waals surface area contributed by atoms with Gasteiger partial charge in [-0.3, -0.25) is 0 Å². The molecule has 0 heterocycles. The first-order valence-corrected chi connectivity index (χ1v) is 4.01. The predicted molar refractivity (Wildman–Crippen MR) is 44.2 cm³/mol. The average molecular weight is 156 g/mol. The molecule has 0 aliphatic heterocycles. The molecular formula is C9H16O2.